The van der Waals surface area contributed by atoms with Gasteiger partial charge in [0.1, 0.15) is 0 Å². The fourth-order valence-electron chi connectivity index (χ4n) is 3.06. The summed E-state index contributed by atoms with van der Waals surface area (Å²) in [7, 11) is 4.12. The average Bonchev–Trinajstić information content (AvgIpc) is 2.24. The van der Waals surface area contributed by atoms with E-state index in [-0.39, 0.29) is 17.4 Å². The first-order valence-corrected chi connectivity index (χ1v) is 6.92. The van der Waals surface area contributed by atoms with E-state index in [9.17, 15) is 4.79 Å². The van der Waals surface area contributed by atoms with E-state index in [1.54, 1.807) is 0 Å². The van der Waals surface area contributed by atoms with Crippen molar-refractivity contribution in [3.8, 4) is 0 Å². The number of carbonyl (C=O) groups is 1. The second-order valence-corrected chi connectivity index (χ2v) is 5.29. The summed E-state index contributed by atoms with van der Waals surface area (Å²) in [5, 5.41) is 0. The Balaban J connectivity index is 5.25. The molecule has 102 valence electrons. The lowest BCUT2D eigenvalue weighted by molar-refractivity contribution is -0.133. The van der Waals surface area contributed by atoms with Gasteiger partial charge in [-0.05, 0) is 33.4 Å². The Kier molecular flexibility index (Phi) is 7.44. The van der Waals surface area contributed by atoms with Crippen LogP contribution in [0.25, 0.3) is 0 Å². The second-order valence-electron chi connectivity index (χ2n) is 5.29. The first-order valence-electron chi connectivity index (χ1n) is 6.92. The van der Waals surface area contributed by atoms with Crippen molar-refractivity contribution in [1.82, 2.24) is 4.90 Å². The Morgan fingerprint density at radius 2 is 1.59 bits per heavy atom. The zero-order valence-corrected chi connectivity index (χ0v) is 12.3. The maximum absolute atomic E-state index is 12.0. The zero-order valence-electron chi connectivity index (χ0n) is 12.3. The van der Waals surface area contributed by atoms with E-state index in [0.29, 0.717) is 0 Å². The molecule has 1 unspecified atom stereocenters. The summed E-state index contributed by atoms with van der Waals surface area (Å²) < 4.78 is 0. The number of hydrogen-bond donors (Lipinski definition) is 1. The first kappa shape index (κ1) is 16.4. The summed E-state index contributed by atoms with van der Waals surface area (Å²) >= 11 is 0. The molecule has 0 fully saturated rings. The molecule has 17 heavy (non-hydrogen) atoms. The van der Waals surface area contributed by atoms with Gasteiger partial charge in [0, 0.05) is 6.04 Å². The Morgan fingerprint density at radius 3 is 1.82 bits per heavy atom. The summed E-state index contributed by atoms with van der Waals surface area (Å²) in [4.78, 5) is 14.2. The van der Waals surface area contributed by atoms with Crippen LogP contribution in [0.5, 0.6) is 0 Å². The van der Waals surface area contributed by atoms with Crippen molar-refractivity contribution in [2.24, 2.45) is 11.1 Å². The number of hydrogen-bond acceptors (Lipinski definition) is 2. The van der Waals surface area contributed by atoms with Gasteiger partial charge in [-0.25, -0.2) is 0 Å². The summed E-state index contributed by atoms with van der Waals surface area (Å²) in [6.07, 6.45) is 5.95. The lowest BCUT2D eigenvalue weighted by Crippen LogP contribution is -2.52. The number of nitrogens with zero attached hydrogens (tertiary/aromatic N) is 1. The third-order valence-electron chi connectivity index (χ3n) is 3.71. The van der Waals surface area contributed by atoms with E-state index in [4.69, 9.17) is 5.73 Å². The van der Waals surface area contributed by atoms with Crippen LogP contribution in [-0.4, -0.2) is 30.9 Å². The third-order valence-corrected chi connectivity index (χ3v) is 3.71. The highest BCUT2D eigenvalue weighted by Gasteiger charge is 2.43. The van der Waals surface area contributed by atoms with Gasteiger partial charge >= 0.3 is 0 Å². The minimum Gasteiger partial charge on any atom is -0.369 e. The van der Waals surface area contributed by atoms with Crippen LogP contribution in [-0.2, 0) is 4.79 Å². The van der Waals surface area contributed by atoms with Crippen molar-refractivity contribution >= 4 is 5.91 Å². The molecule has 0 aliphatic carbocycles. The van der Waals surface area contributed by atoms with Crippen LogP contribution in [0.2, 0.25) is 0 Å². The fraction of sp³-hybridized carbons (Fsp3) is 0.929. The maximum atomic E-state index is 12.0. The zero-order chi connectivity index (χ0) is 13.5. The lowest BCUT2D eigenvalue weighted by atomic mass is 9.70. The van der Waals surface area contributed by atoms with Gasteiger partial charge in [-0.2, -0.15) is 0 Å². The van der Waals surface area contributed by atoms with Crippen molar-refractivity contribution in [1.29, 1.82) is 0 Å². The highest BCUT2D eigenvalue weighted by Crippen LogP contribution is 2.37. The smallest absolute Gasteiger partial charge is 0.225 e. The Morgan fingerprint density at radius 1 is 1.12 bits per heavy atom. The molecule has 2 N–H and O–H groups in total. The lowest BCUT2D eigenvalue weighted by Gasteiger charge is -2.42. The van der Waals surface area contributed by atoms with Crippen molar-refractivity contribution in [3.63, 3.8) is 0 Å². The highest BCUT2D eigenvalue weighted by atomic mass is 16.1. The van der Waals surface area contributed by atoms with Crippen LogP contribution in [0.3, 0.4) is 0 Å². The van der Waals surface area contributed by atoms with E-state index in [0.717, 1.165) is 38.5 Å². The molecule has 3 nitrogen and oxygen atoms in total. The molecule has 1 amide bonds. The minimum atomic E-state index is -0.344. The largest absolute Gasteiger partial charge is 0.369 e. The summed E-state index contributed by atoms with van der Waals surface area (Å²) in [6, 6.07) is 0.268. The van der Waals surface area contributed by atoms with E-state index < -0.39 is 0 Å². The molecular weight excluding hydrogens is 212 g/mol. The quantitative estimate of drug-likeness (QED) is 0.676. The minimum absolute atomic E-state index is 0.117. The van der Waals surface area contributed by atoms with Crippen LogP contribution < -0.4 is 5.73 Å². The summed E-state index contributed by atoms with van der Waals surface area (Å²) in [5.74, 6) is -0.117. The number of carbonyl (C=O) groups excluding carboxylic acids is 1. The van der Waals surface area contributed by atoms with Crippen molar-refractivity contribution in [2.75, 3.05) is 14.1 Å². The predicted molar refractivity (Wildman–Crippen MR) is 73.8 cm³/mol. The van der Waals surface area contributed by atoms with E-state index in [1.165, 1.54) is 0 Å². The van der Waals surface area contributed by atoms with Gasteiger partial charge in [-0.15, -0.1) is 0 Å². The molecule has 0 saturated carbocycles. The number of rotatable bonds is 9. The number of nitrogens with two attached hydrogens (primary N) is 1. The van der Waals surface area contributed by atoms with Gasteiger partial charge in [-0.3, -0.25) is 4.79 Å². The average molecular weight is 242 g/mol. The van der Waals surface area contributed by atoms with Crippen molar-refractivity contribution in [2.45, 2.75) is 65.3 Å². The molecule has 0 radical (unpaired) electrons. The first-order chi connectivity index (χ1) is 7.96. The maximum Gasteiger partial charge on any atom is 0.225 e. The van der Waals surface area contributed by atoms with Gasteiger partial charge in [0.25, 0.3) is 0 Å². The Labute approximate surface area is 107 Å². The topological polar surface area (TPSA) is 46.3 Å². The SMILES string of the molecule is CCCC(N(C)C)C(CCC)(CCC)C(N)=O. The number of amides is 1. The Bertz CT molecular complexity index is 220. The molecule has 0 aromatic rings. The molecule has 0 spiro atoms. The predicted octanol–water partition coefficient (Wildman–Crippen LogP) is 2.79. The molecule has 0 rings (SSSR count). The summed E-state index contributed by atoms with van der Waals surface area (Å²) in [5.41, 5.74) is 5.40. The standard InChI is InChI=1S/C14H30N2O/c1-6-9-12(16(4)5)14(10-7-2,11-8-3)13(15)17/h12H,6-11H2,1-5H3,(H2,15,17). The van der Waals surface area contributed by atoms with Crippen molar-refractivity contribution in [3.05, 3.63) is 0 Å². The third kappa shape index (κ3) is 3.98. The van der Waals surface area contributed by atoms with Crippen LogP contribution in [0.1, 0.15) is 59.3 Å². The van der Waals surface area contributed by atoms with Gasteiger partial charge in [-0.1, -0.05) is 40.0 Å². The molecule has 0 heterocycles. The normalized spacial score (nSPS) is 14.0. The van der Waals surface area contributed by atoms with Crippen LogP contribution in [0.4, 0.5) is 0 Å². The van der Waals surface area contributed by atoms with Crippen LogP contribution >= 0.6 is 0 Å². The molecule has 1 atom stereocenters. The van der Waals surface area contributed by atoms with Crippen LogP contribution in [0.15, 0.2) is 0 Å². The molecule has 0 aliphatic heterocycles. The molecule has 0 bridgehead atoms. The van der Waals surface area contributed by atoms with Crippen molar-refractivity contribution < 1.29 is 4.79 Å². The van der Waals surface area contributed by atoms with Gasteiger partial charge in [0.15, 0.2) is 0 Å². The molecule has 0 aliphatic rings. The highest BCUT2D eigenvalue weighted by molar-refractivity contribution is 5.81. The molecule has 3 heteroatoms. The van der Waals surface area contributed by atoms with Gasteiger partial charge < -0.3 is 10.6 Å². The van der Waals surface area contributed by atoms with Gasteiger partial charge in [0.2, 0.25) is 5.91 Å². The fourth-order valence-corrected chi connectivity index (χ4v) is 3.06. The summed E-state index contributed by atoms with van der Waals surface area (Å²) in [6.45, 7) is 6.43. The molecular formula is C14H30N2O. The van der Waals surface area contributed by atoms with E-state index >= 15 is 0 Å². The second kappa shape index (κ2) is 7.70. The molecule has 0 aromatic heterocycles. The molecule has 0 aromatic carbocycles. The van der Waals surface area contributed by atoms with Gasteiger partial charge in [0.05, 0.1) is 5.41 Å². The number of primary amides is 1. The molecule has 0 saturated heterocycles. The monoisotopic (exact) mass is 242 g/mol. The van der Waals surface area contributed by atoms with E-state index in [1.807, 2.05) is 0 Å². The van der Waals surface area contributed by atoms with E-state index in [2.05, 4.69) is 39.8 Å². The Hall–Kier alpha value is -0.570. The van der Waals surface area contributed by atoms with Crippen LogP contribution in [0, 0.1) is 5.41 Å².